The van der Waals surface area contributed by atoms with Crippen LogP contribution in [0, 0.1) is 0 Å². The number of carbonyl (C=O) groups excluding carboxylic acids is 1. The van der Waals surface area contributed by atoms with Crippen molar-refractivity contribution in [1.29, 1.82) is 0 Å². The molecule has 0 aliphatic carbocycles. The molecule has 0 spiro atoms. The van der Waals surface area contributed by atoms with Crippen molar-refractivity contribution in [2.45, 2.75) is 18.7 Å². The highest BCUT2D eigenvalue weighted by Gasteiger charge is 2.05. The Balaban J connectivity index is 2.26. The lowest BCUT2D eigenvalue weighted by molar-refractivity contribution is -0.118. The fourth-order valence-corrected chi connectivity index (χ4v) is 1.89. The topological polar surface area (TPSA) is 49.3 Å². The lowest BCUT2D eigenvalue weighted by Crippen LogP contribution is -2.25. The zero-order valence-corrected chi connectivity index (χ0v) is 11.2. The molecule has 0 aliphatic heterocycles. The van der Waals surface area contributed by atoms with E-state index in [-0.39, 0.29) is 17.8 Å². The maximum atomic E-state index is 11.5. The van der Waals surface area contributed by atoms with Crippen LogP contribution in [0.5, 0.6) is 0 Å². The number of aliphatic hydroxyl groups excluding tert-OH is 1. The maximum Gasteiger partial charge on any atom is 0.230 e. The molecule has 0 saturated heterocycles. The first-order chi connectivity index (χ1) is 8.11. The van der Waals surface area contributed by atoms with E-state index in [0.717, 1.165) is 5.56 Å². The van der Waals surface area contributed by atoms with Gasteiger partial charge in [-0.05, 0) is 17.7 Å². The summed E-state index contributed by atoms with van der Waals surface area (Å²) in [6.07, 6.45) is 0. The van der Waals surface area contributed by atoms with E-state index in [9.17, 15) is 4.79 Å². The third-order valence-corrected chi connectivity index (χ3v) is 3.56. The number of halogens is 1. The second-order valence-corrected chi connectivity index (χ2v) is 5.57. The predicted octanol–water partition coefficient (Wildman–Crippen LogP) is 2.07. The minimum atomic E-state index is -0.0229. The smallest absolute Gasteiger partial charge is 0.230 e. The molecule has 2 N–H and O–H groups in total. The summed E-state index contributed by atoms with van der Waals surface area (Å²) < 4.78 is 0. The number of nitrogens with one attached hydrogen (secondary N) is 1. The molecule has 0 fully saturated rings. The van der Waals surface area contributed by atoms with Gasteiger partial charge in [0, 0.05) is 16.8 Å². The number of thioether (sulfide) groups is 1. The highest BCUT2D eigenvalue weighted by Crippen LogP contribution is 2.10. The van der Waals surface area contributed by atoms with Crippen molar-refractivity contribution in [3.05, 3.63) is 34.9 Å². The predicted molar refractivity (Wildman–Crippen MR) is 72.3 cm³/mol. The SMILES string of the molecule is CC(CO)SCC(=O)NCc1ccc(Cl)cc1. The quantitative estimate of drug-likeness (QED) is 0.834. The van der Waals surface area contributed by atoms with Gasteiger partial charge in [0.15, 0.2) is 0 Å². The standard InChI is InChI=1S/C12H16ClNO2S/c1-9(7-15)17-8-12(16)14-6-10-2-4-11(13)5-3-10/h2-5,9,15H,6-8H2,1H3,(H,14,16). The molecule has 1 rings (SSSR count). The molecular weight excluding hydrogens is 258 g/mol. The van der Waals surface area contributed by atoms with Crippen LogP contribution in [0.2, 0.25) is 5.02 Å². The monoisotopic (exact) mass is 273 g/mol. The lowest BCUT2D eigenvalue weighted by Gasteiger charge is -2.08. The number of amides is 1. The fourth-order valence-electron chi connectivity index (χ4n) is 1.12. The van der Waals surface area contributed by atoms with Crippen LogP contribution in [0.25, 0.3) is 0 Å². The Bertz CT molecular complexity index is 356. The van der Waals surface area contributed by atoms with Gasteiger partial charge in [0.2, 0.25) is 5.91 Å². The average Bonchev–Trinajstić information content (AvgIpc) is 2.35. The van der Waals surface area contributed by atoms with Crippen molar-refractivity contribution < 1.29 is 9.90 Å². The van der Waals surface area contributed by atoms with Crippen LogP contribution >= 0.6 is 23.4 Å². The number of benzene rings is 1. The molecule has 0 radical (unpaired) electrons. The third-order valence-electron chi connectivity index (χ3n) is 2.16. The van der Waals surface area contributed by atoms with Crippen molar-refractivity contribution in [3.8, 4) is 0 Å². The van der Waals surface area contributed by atoms with Gasteiger partial charge in [0.25, 0.3) is 0 Å². The Morgan fingerprint density at radius 1 is 1.47 bits per heavy atom. The van der Waals surface area contributed by atoms with Gasteiger partial charge in [-0.15, -0.1) is 11.8 Å². The Morgan fingerprint density at radius 3 is 2.71 bits per heavy atom. The van der Waals surface area contributed by atoms with Crippen LogP contribution in [-0.2, 0) is 11.3 Å². The van der Waals surface area contributed by atoms with Gasteiger partial charge in [-0.25, -0.2) is 0 Å². The number of hydrogen-bond donors (Lipinski definition) is 2. The first kappa shape index (κ1) is 14.4. The Labute approximate surface area is 111 Å². The van der Waals surface area contributed by atoms with Crippen LogP contribution in [0.15, 0.2) is 24.3 Å². The number of aliphatic hydroxyl groups is 1. The normalized spacial score (nSPS) is 12.2. The van der Waals surface area contributed by atoms with Crippen molar-refractivity contribution in [2.24, 2.45) is 0 Å². The van der Waals surface area contributed by atoms with E-state index in [2.05, 4.69) is 5.32 Å². The van der Waals surface area contributed by atoms with Gasteiger partial charge >= 0.3 is 0 Å². The summed E-state index contributed by atoms with van der Waals surface area (Å²) in [6.45, 7) is 2.48. The molecule has 3 nitrogen and oxygen atoms in total. The largest absolute Gasteiger partial charge is 0.395 e. The molecule has 17 heavy (non-hydrogen) atoms. The third kappa shape index (κ3) is 5.96. The minimum Gasteiger partial charge on any atom is -0.395 e. The summed E-state index contributed by atoms with van der Waals surface area (Å²) in [6, 6.07) is 7.36. The summed E-state index contributed by atoms with van der Waals surface area (Å²) >= 11 is 7.20. The van der Waals surface area contributed by atoms with Gasteiger partial charge in [-0.3, -0.25) is 4.79 Å². The second kappa shape index (κ2) is 7.58. The fraction of sp³-hybridized carbons (Fsp3) is 0.417. The summed E-state index contributed by atoms with van der Waals surface area (Å²) in [4.78, 5) is 11.5. The van der Waals surface area contributed by atoms with Crippen molar-refractivity contribution in [2.75, 3.05) is 12.4 Å². The highest BCUT2D eigenvalue weighted by molar-refractivity contribution is 8.00. The summed E-state index contributed by atoms with van der Waals surface area (Å²) in [7, 11) is 0. The summed E-state index contributed by atoms with van der Waals surface area (Å²) in [5.74, 6) is 0.347. The van der Waals surface area contributed by atoms with Crippen LogP contribution < -0.4 is 5.32 Å². The molecule has 0 aliphatic rings. The van der Waals surface area contributed by atoms with Crippen molar-refractivity contribution in [1.82, 2.24) is 5.32 Å². The first-order valence-corrected chi connectivity index (χ1v) is 6.78. The molecule has 1 atom stereocenters. The van der Waals surface area contributed by atoms with Crippen molar-refractivity contribution >= 4 is 29.3 Å². The molecule has 5 heteroatoms. The molecule has 0 saturated carbocycles. The number of carbonyl (C=O) groups is 1. The van der Waals surface area contributed by atoms with Gasteiger partial charge in [-0.1, -0.05) is 30.7 Å². The van der Waals surface area contributed by atoms with Gasteiger partial charge in [0.1, 0.15) is 0 Å². The van der Waals surface area contributed by atoms with Gasteiger partial charge in [-0.2, -0.15) is 0 Å². The van der Waals surface area contributed by atoms with Crippen LogP contribution in [0.1, 0.15) is 12.5 Å². The van der Waals surface area contributed by atoms with E-state index in [1.54, 1.807) is 12.1 Å². The van der Waals surface area contributed by atoms with E-state index < -0.39 is 0 Å². The van der Waals surface area contributed by atoms with Gasteiger partial charge < -0.3 is 10.4 Å². The molecule has 1 unspecified atom stereocenters. The molecule has 0 heterocycles. The maximum absolute atomic E-state index is 11.5. The zero-order valence-electron chi connectivity index (χ0n) is 9.65. The Hall–Kier alpha value is -0.710. The van der Waals surface area contributed by atoms with Gasteiger partial charge in [0.05, 0.1) is 12.4 Å². The molecule has 0 aromatic heterocycles. The Morgan fingerprint density at radius 2 is 2.12 bits per heavy atom. The van der Waals surface area contributed by atoms with E-state index in [1.165, 1.54) is 11.8 Å². The van der Waals surface area contributed by atoms with E-state index in [4.69, 9.17) is 16.7 Å². The van der Waals surface area contributed by atoms with Crippen LogP contribution in [0.3, 0.4) is 0 Å². The van der Waals surface area contributed by atoms with E-state index in [0.29, 0.717) is 17.3 Å². The minimum absolute atomic E-state index is 0.0229. The van der Waals surface area contributed by atoms with Crippen LogP contribution in [0.4, 0.5) is 0 Å². The molecule has 0 bridgehead atoms. The Kier molecular flexibility index (Phi) is 6.40. The summed E-state index contributed by atoms with van der Waals surface area (Å²) in [5.41, 5.74) is 1.02. The molecule has 94 valence electrons. The zero-order chi connectivity index (χ0) is 12.7. The first-order valence-electron chi connectivity index (χ1n) is 5.35. The molecule has 1 aromatic rings. The number of hydrogen-bond acceptors (Lipinski definition) is 3. The van der Waals surface area contributed by atoms with E-state index >= 15 is 0 Å². The molecule has 1 amide bonds. The second-order valence-electron chi connectivity index (χ2n) is 3.71. The van der Waals surface area contributed by atoms with Crippen LogP contribution in [-0.4, -0.2) is 28.6 Å². The lowest BCUT2D eigenvalue weighted by atomic mass is 10.2. The van der Waals surface area contributed by atoms with Crippen molar-refractivity contribution in [3.63, 3.8) is 0 Å². The number of rotatable bonds is 6. The average molecular weight is 274 g/mol. The molecular formula is C12H16ClNO2S. The highest BCUT2D eigenvalue weighted by atomic mass is 35.5. The molecule has 1 aromatic carbocycles. The summed E-state index contributed by atoms with van der Waals surface area (Å²) in [5, 5.41) is 12.4. The van der Waals surface area contributed by atoms with E-state index in [1.807, 2.05) is 19.1 Å².